The summed E-state index contributed by atoms with van der Waals surface area (Å²) < 4.78 is 0. The fraction of sp³-hybridized carbons (Fsp3) is 0.0811. The van der Waals surface area contributed by atoms with Crippen LogP contribution in [-0.4, -0.2) is 28.3 Å². The smallest absolute Gasteiger partial charge is 0.257 e. The Kier molecular flexibility index (Phi) is 7.04. The lowest BCUT2D eigenvalue weighted by molar-refractivity contribution is -0.122. The molecule has 2 aliphatic rings. The second-order valence-electron chi connectivity index (χ2n) is 10.7. The maximum atomic E-state index is 14.6. The minimum atomic E-state index is -0.833. The van der Waals surface area contributed by atoms with Crippen molar-refractivity contribution in [3.05, 3.63) is 162 Å². The molecular formula is C37H28N4O3. The van der Waals surface area contributed by atoms with E-state index in [1.165, 1.54) is 10.0 Å². The van der Waals surface area contributed by atoms with Crippen molar-refractivity contribution < 1.29 is 14.7 Å². The first-order chi connectivity index (χ1) is 21.6. The van der Waals surface area contributed by atoms with Crippen LogP contribution in [0.5, 0.6) is 5.75 Å². The lowest BCUT2D eigenvalue weighted by Gasteiger charge is -2.30. The van der Waals surface area contributed by atoms with Crippen LogP contribution in [0.15, 0.2) is 156 Å². The molecule has 5 aromatic rings. The second-order valence-corrected chi connectivity index (χ2v) is 10.7. The van der Waals surface area contributed by atoms with E-state index in [-0.39, 0.29) is 17.6 Å². The molecule has 0 aromatic heterocycles. The van der Waals surface area contributed by atoms with E-state index in [9.17, 15) is 14.7 Å². The van der Waals surface area contributed by atoms with Gasteiger partial charge in [0, 0.05) is 5.92 Å². The van der Waals surface area contributed by atoms with Crippen LogP contribution in [0.25, 0.3) is 0 Å². The van der Waals surface area contributed by atoms with Gasteiger partial charge in [-0.15, -0.1) is 0 Å². The molecule has 2 aliphatic heterocycles. The Morgan fingerprint density at radius 3 is 1.25 bits per heavy atom. The molecule has 0 aliphatic carbocycles. The summed E-state index contributed by atoms with van der Waals surface area (Å²) in [5, 5.41) is 22.9. The summed E-state index contributed by atoms with van der Waals surface area (Å²) in [6.07, 6.45) is 0. The highest BCUT2D eigenvalue weighted by Gasteiger charge is 2.52. The molecule has 5 aromatic carbocycles. The first-order valence-electron chi connectivity index (χ1n) is 14.4. The van der Waals surface area contributed by atoms with Gasteiger partial charge >= 0.3 is 0 Å². The van der Waals surface area contributed by atoms with Crippen molar-refractivity contribution >= 4 is 34.6 Å². The van der Waals surface area contributed by atoms with Crippen molar-refractivity contribution in [3.8, 4) is 5.75 Å². The summed E-state index contributed by atoms with van der Waals surface area (Å²) in [6.45, 7) is 0. The molecule has 0 bridgehead atoms. The molecule has 0 fully saturated rings. The first-order valence-corrected chi connectivity index (χ1v) is 14.4. The van der Waals surface area contributed by atoms with Gasteiger partial charge in [-0.05, 0) is 53.1 Å². The minimum Gasteiger partial charge on any atom is -0.508 e. The van der Waals surface area contributed by atoms with Gasteiger partial charge in [0.25, 0.3) is 11.8 Å². The Labute approximate surface area is 255 Å². The quantitative estimate of drug-likeness (QED) is 0.237. The summed E-state index contributed by atoms with van der Waals surface area (Å²) in [6, 6.07) is 44.6. The summed E-state index contributed by atoms with van der Waals surface area (Å²) in [4.78, 5) is 29.3. The Bertz CT molecular complexity index is 1740. The number of hydrogen-bond donors (Lipinski definition) is 1. The van der Waals surface area contributed by atoms with Gasteiger partial charge in [-0.1, -0.05) is 109 Å². The monoisotopic (exact) mass is 576 g/mol. The average molecular weight is 577 g/mol. The lowest BCUT2D eigenvalue weighted by Crippen LogP contribution is -2.41. The second kappa shape index (κ2) is 11.5. The fourth-order valence-electron chi connectivity index (χ4n) is 6.06. The van der Waals surface area contributed by atoms with Crippen LogP contribution < -0.4 is 10.0 Å². The third kappa shape index (κ3) is 4.84. The Hall–Kier alpha value is -5.82. The molecular weight excluding hydrogens is 548 g/mol. The number of phenolic OH excluding ortho intramolecular Hbond substituents is 1. The van der Waals surface area contributed by atoms with Crippen molar-refractivity contribution in [2.24, 2.45) is 22.0 Å². The van der Waals surface area contributed by atoms with Gasteiger partial charge in [-0.2, -0.15) is 20.2 Å². The van der Waals surface area contributed by atoms with Crippen LogP contribution in [0.4, 0.5) is 11.4 Å². The average Bonchev–Trinajstić information content (AvgIpc) is 3.61. The Balaban J connectivity index is 1.44. The SMILES string of the molecule is O=C1[C@H](C(c2ccc(O)cc2)[C@H]2C(=O)N(c3ccccc3)N=C2c2ccccc2)C(c2ccccc2)=NN1c1ccccc1. The van der Waals surface area contributed by atoms with Crippen LogP contribution in [-0.2, 0) is 9.59 Å². The van der Waals surface area contributed by atoms with Gasteiger partial charge in [0.1, 0.15) is 5.75 Å². The Morgan fingerprint density at radius 1 is 0.500 bits per heavy atom. The van der Waals surface area contributed by atoms with Gasteiger partial charge in [-0.25, -0.2) is 0 Å². The largest absolute Gasteiger partial charge is 0.508 e. The normalized spacial score (nSPS) is 18.1. The number of hydrazone groups is 2. The molecule has 7 nitrogen and oxygen atoms in total. The highest BCUT2D eigenvalue weighted by Crippen LogP contribution is 2.45. The number of carbonyl (C=O) groups is 2. The van der Waals surface area contributed by atoms with Gasteiger partial charge in [0.2, 0.25) is 0 Å². The first kappa shape index (κ1) is 27.0. The summed E-state index contributed by atoms with van der Waals surface area (Å²) in [7, 11) is 0. The van der Waals surface area contributed by atoms with E-state index >= 15 is 0 Å². The number of nitrogens with zero attached hydrogens (tertiary/aromatic N) is 4. The zero-order valence-electron chi connectivity index (χ0n) is 23.6. The van der Waals surface area contributed by atoms with Crippen molar-refractivity contribution in [1.29, 1.82) is 0 Å². The van der Waals surface area contributed by atoms with Gasteiger partial charge in [-0.3, -0.25) is 9.59 Å². The van der Waals surface area contributed by atoms with Crippen molar-refractivity contribution in [1.82, 2.24) is 0 Å². The summed E-state index contributed by atoms with van der Waals surface area (Å²) >= 11 is 0. The van der Waals surface area contributed by atoms with E-state index in [1.54, 1.807) is 24.3 Å². The fourth-order valence-corrected chi connectivity index (χ4v) is 6.06. The molecule has 0 saturated carbocycles. The van der Waals surface area contributed by atoms with Gasteiger partial charge in [0.05, 0.1) is 34.6 Å². The van der Waals surface area contributed by atoms with Crippen LogP contribution in [0.2, 0.25) is 0 Å². The van der Waals surface area contributed by atoms with Crippen LogP contribution in [0.1, 0.15) is 22.6 Å². The number of amides is 2. The van der Waals surface area contributed by atoms with Crippen molar-refractivity contribution in [2.75, 3.05) is 10.0 Å². The molecule has 2 amide bonds. The van der Waals surface area contributed by atoms with Crippen molar-refractivity contribution in [2.45, 2.75) is 5.92 Å². The van der Waals surface area contributed by atoms with E-state index in [2.05, 4.69) is 0 Å². The van der Waals surface area contributed by atoms with Gasteiger partial charge in [0.15, 0.2) is 0 Å². The number of rotatable bonds is 7. The van der Waals surface area contributed by atoms with E-state index in [0.29, 0.717) is 22.8 Å². The number of para-hydroxylation sites is 2. The third-order valence-corrected chi connectivity index (χ3v) is 8.09. The molecule has 2 atom stereocenters. The van der Waals surface area contributed by atoms with Crippen LogP contribution in [0.3, 0.4) is 0 Å². The van der Waals surface area contributed by atoms with Crippen LogP contribution in [0, 0.1) is 11.8 Å². The highest BCUT2D eigenvalue weighted by atomic mass is 16.3. The number of aromatic hydroxyl groups is 1. The molecule has 44 heavy (non-hydrogen) atoms. The summed E-state index contributed by atoms with van der Waals surface area (Å²) in [5.74, 6) is -2.76. The molecule has 1 N–H and O–H groups in total. The zero-order chi connectivity index (χ0) is 30.0. The maximum absolute atomic E-state index is 14.6. The third-order valence-electron chi connectivity index (χ3n) is 8.09. The van der Waals surface area contributed by atoms with E-state index in [0.717, 1.165) is 16.7 Å². The van der Waals surface area contributed by atoms with E-state index < -0.39 is 17.8 Å². The topological polar surface area (TPSA) is 85.6 Å². The molecule has 2 heterocycles. The van der Waals surface area contributed by atoms with E-state index in [1.807, 2.05) is 121 Å². The number of hydrogen-bond acceptors (Lipinski definition) is 5. The molecule has 0 spiro atoms. The van der Waals surface area contributed by atoms with E-state index in [4.69, 9.17) is 10.2 Å². The predicted molar refractivity (Wildman–Crippen MR) is 172 cm³/mol. The molecule has 0 radical (unpaired) electrons. The Morgan fingerprint density at radius 2 is 0.864 bits per heavy atom. The number of benzene rings is 5. The summed E-state index contributed by atoms with van der Waals surface area (Å²) in [5.41, 5.74) is 4.70. The highest BCUT2D eigenvalue weighted by molar-refractivity contribution is 6.26. The standard InChI is InChI=1S/C37H28N4O3/c42-30-23-21-25(22-24-30)31(32-34(26-13-5-1-6-14-26)38-40(36(32)43)28-17-9-3-10-18-28)33-35(27-15-7-2-8-16-27)39-41(37(33)44)29-19-11-4-12-20-29/h1-24,31-33,42H/t32-,33-/m1/s1. The number of anilines is 2. The van der Waals surface area contributed by atoms with Crippen LogP contribution >= 0.6 is 0 Å². The molecule has 0 saturated heterocycles. The lowest BCUT2D eigenvalue weighted by atomic mass is 9.70. The molecule has 0 unspecified atom stereocenters. The minimum absolute atomic E-state index is 0.0914. The molecule has 7 heteroatoms. The van der Waals surface area contributed by atoms with Gasteiger partial charge < -0.3 is 5.11 Å². The number of phenols is 1. The molecule has 7 rings (SSSR count). The van der Waals surface area contributed by atoms with Crippen molar-refractivity contribution in [3.63, 3.8) is 0 Å². The molecule has 214 valence electrons. The zero-order valence-corrected chi connectivity index (χ0v) is 23.6. The predicted octanol–water partition coefficient (Wildman–Crippen LogP) is 6.61. The maximum Gasteiger partial charge on any atom is 0.257 e. The number of carbonyl (C=O) groups excluding carboxylic acids is 2.